The van der Waals surface area contributed by atoms with E-state index in [0.717, 1.165) is 34.0 Å². The second-order valence-corrected chi connectivity index (χ2v) is 6.02. The molecule has 0 aliphatic carbocycles. The first-order valence-electron chi connectivity index (χ1n) is 8.01. The summed E-state index contributed by atoms with van der Waals surface area (Å²) in [6.45, 7) is 0. The Morgan fingerprint density at radius 3 is 2.92 bits per heavy atom. The lowest BCUT2D eigenvalue weighted by atomic mass is 10.1. The van der Waals surface area contributed by atoms with Gasteiger partial charge in [-0.1, -0.05) is 6.07 Å². The van der Waals surface area contributed by atoms with Gasteiger partial charge in [-0.25, -0.2) is 9.50 Å². The zero-order valence-electron chi connectivity index (χ0n) is 13.5. The van der Waals surface area contributed by atoms with Gasteiger partial charge in [0, 0.05) is 31.2 Å². The van der Waals surface area contributed by atoms with E-state index in [-0.39, 0.29) is 0 Å². The number of rotatable bonds is 2. The molecule has 25 heavy (non-hydrogen) atoms. The smallest absolute Gasteiger partial charge is 0.213 e. The molecule has 1 atom stereocenters. The fraction of sp³-hybridized carbons (Fsp3) is 0.111. The van der Waals surface area contributed by atoms with Crippen molar-refractivity contribution in [1.29, 1.82) is 0 Å². The normalized spacial score (nSPS) is 16.6. The highest BCUT2D eigenvalue weighted by Crippen LogP contribution is 2.42. The standard InChI is InChI=1S/C18H16N6O/c1-22-16-6-5-14(13-11-20-23-9-3-2-4-15(13)23)21-17(16)24(18(22)25)12-7-8-19-10-12/h2-11,18-19,25H,1H3/t18-/m0/s1. The van der Waals surface area contributed by atoms with Crippen molar-refractivity contribution in [3.05, 3.63) is 61.2 Å². The third-order valence-electron chi connectivity index (χ3n) is 4.60. The Balaban J connectivity index is 1.68. The van der Waals surface area contributed by atoms with E-state index in [0.29, 0.717) is 0 Å². The van der Waals surface area contributed by atoms with Gasteiger partial charge in [-0.05, 0) is 30.3 Å². The van der Waals surface area contributed by atoms with Gasteiger partial charge in [0.25, 0.3) is 0 Å². The summed E-state index contributed by atoms with van der Waals surface area (Å²) < 4.78 is 1.83. The van der Waals surface area contributed by atoms with Crippen LogP contribution in [0.1, 0.15) is 0 Å². The van der Waals surface area contributed by atoms with Crippen molar-refractivity contribution in [2.75, 3.05) is 16.8 Å². The van der Waals surface area contributed by atoms with Gasteiger partial charge in [-0.2, -0.15) is 5.10 Å². The average Bonchev–Trinajstić information content (AvgIpc) is 3.35. The molecule has 4 aromatic rings. The van der Waals surface area contributed by atoms with Crippen LogP contribution in [0.3, 0.4) is 0 Å². The van der Waals surface area contributed by atoms with Crippen molar-refractivity contribution in [2.45, 2.75) is 6.35 Å². The lowest BCUT2D eigenvalue weighted by Crippen LogP contribution is -2.38. The van der Waals surface area contributed by atoms with Crippen molar-refractivity contribution < 1.29 is 5.11 Å². The van der Waals surface area contributed by atoms with Crippen LogP contribution in [-0.4, -0.2) is 38.1 Å². The molecule has 5 rings (SSSR count). The highest BCUT2D eigenvalue weighted by molar-refractivity contribution is 5.84. The summed E-state index contributed by atoms with van der Waals surface area (Å²) in [6.07, 6.45) is 6.61. The number of nitrogens with zero attached hydrogens (tertiary/aromatic N) is 5. The van der Waals surface area contributed by atoms with Crippen LogP contribution in [-0.2, 0) is 0 Å². The maximum atomic E-state index is 10.6. The number of aromatic amines is 1. The van der Waals surface area contributed by atoms with Crippen LogP contribution in [0, 0.1) is 0 Å². The Bertz CT molecular complexity index is 1050. The van der Waals surface area contributed by atoms with Crippen LogP contribution in [0.4, 0.5) is 17.2 Å². The average molecular weight is 332 g/mol. The molecule has 0 radical (unpaired) electrons. The maximum absolute atomic E-state index is 10.6. The molecule has 0 amide bonds. The number of hydrogen-bond acceptors (Lipinski definition) is 5. The monoisotopic (exact) mass is 332 g/mol. The highest BCUT2D eigenvalue weighted by Gasteiger charge is 2.35. The van der Waals surface area contributed by atoms with Gasteiger partial charge in [-0.3, -0.25) is 4.90 Å². The quantitative estimate of drug-likeness (QED) is 0.590. The Kier molecular flexibility index (Phi) is 2.86. The summed E-state index contributed by atoms with van der Waals surface area (Å²) in [5.41, 5.74) is 4.52. The first kappa shape index (κ1) is 14.1. The second kappa shape index (κ2) is 5.09. The molecule has 0 fully saturated rings. The molecule has 7 nitrogen and oxygen atoms in total. The zero-order valence-corrected chi connectivity index (χ0v) is 13.5. The van der Waals surface area contributed by atoms with E-state index < -0.39 is 6.35 Å². The van der Waals surface area contributed by atoms with Crippen molar-refractivity contribution >= 4 is 22.7 Å². The molecule has 0 saturated carbocycles. The fourth-order valence-corrected chi connectivity index (χ4v) is 3.30. The van der Waals surface area contributed by atoms with E-state index in [1.165, 1.54) is 0 Å². The van der Waals surface area contributed by atoms with Gasteiger partial charge < -0.3 is 15.0 Å². The Hall–Kier alpha value is -3.32. The first-order chi connectivity index (χ1) is 12.2. The number of pyridine rings is 2. The lowest BCUT2D eigenvalue weighted by Gasteiger charge is -2.24. The number of H-pyrrole nitrogens is 1. The van der Waals surface area contributed by atoms with E-state index in [9.17, 15) is 5.11 Å². The minimum absolute atomic E-state index is 0.724. The van der Waals surface area contributed by atoms with Gasteiger partial charge in [-0.15, -0.1) is 0 Å². The molecule has 0 saturated heterocycles. The van der Waals surface area contributed by atoms with E-state index in [1.807, 2.05) is 72.7 Å². The number of aliphatic hydroxyl groups excluding tert-OH is 1. The third-order valence-corrected chi connectivity index (χ3v) is 4.60. The van der Waals surface area contributed by atoms with E-state index in [1.54, 1.807) is 9.80 Å². The highest BCUT2D eigenvalue weighted by atomic mass is 16.3. The Morgan fingerprint density at radius 1 is 1.16 bits per heavy atom. The zero-order chi connectivity index (χ0) is 17.0. The molecule has 0 spiro atoms. The van der Waals surface area contributed by atoms with Crippen molar-refractivity contribution in [1.82, 2.24) is 19.6 Å². The SMILES string of the molecule is CN1c2ccc(-c3cnn4ccccc34)nc2N(c2cc[nH]c2)[C@H]1O. The Morgan fingerprint density at radius 2 is 2.08 bits per heavy atom. The number of aromatic nitrogens is 4. The summed E-state index contributed by atoms with van der Waals surface area (Å²) in [6, 6.07) is 11.8. The molecular weight excluding hydrogens is 316 g/mol. The molecule has 7 heteroatoms. The van der Waals surface area contributed by atoms with E-state index in [4.69, 9.17) is 4.98 Å². The minimum atomic E-state index is -0.794. The predicted molar refractivity (Wildman–Crippen MR) is 95.8 cm³/mol. The van der Waals surface area contributed by atoms with Crippen molar-refractivity contribution in [2.24, 2.45) is 0 Å². The van der Waals surface area contributed by atoms with Gasteiger partial charge in [0.05, 0.1) is 28.8 Å². The summed E-state index contributed by atoms with van der Waals surface area (Å²) >= 11 is 0. The number of anilines is 3. The molecule has 4 aromatic heterocycles. The van der Waals surface area contributed by atoms with Crippen molar-refractivity contribution in [3.8, 4) is 11.3 Å². The maximum Gasteiger partial charge on any atom is 0.213 e. The number of fused-ring (bicyclic) bond motifs is 2. The largest absolute Gasteiger partial charge is 0.366 e. The van der Waals surface area contributed by atoms with Gasteiger partial charge in [0.2, 0.25) is 6.35 Å². The van der Waals surface area contributed by atoms with Crippen LogP contribution in [0.25, 0.3) is 16.8 Å². The van der Waals surface area contributed by atoms with Crippen molar-refractivity contribution in [3.63, 3.8) is 0 Å². The molecule has 2 N–H and O–H groups in total. The van der Waals surface area contributed by atoms with Crippen LogP contribution in [0.2, 0.25) is 0 Å². The van der Waals surface area contributed by atoms with Crippen LogP contribution < -0.4 is 9.80 Å². The number of aliphatic hydroxyl groups is 1. The van der Waals surface area contributed by atoms with E-state index in [2.05, 4.69) is 10.1 Å². The lowest BCUT2D eigenvalue weighted by molar-refractivity contribution is 0.189. The molecule has 5 heterocycles. The van der Waals surface area contributed by atoms with Crippen LogP contribution in [0.15, 0.2) is 61.2 Å². The Labute approximate surface area is 143 Å². The molecule has 1 aliphatic rings. The molecule has 0 bridgehead atoms. The third kappa shape index (κ3) is 1.96. The molecule has 124 valence electrons. The molecule has 0 aromatic carbocycles. The van der Waals surface area contributed by atoms with Crippen LogP contribution in [0.5, 0.6) is 0 Å². The summed E-state index contributed by atoms with van der Waals surface area (Å²) in [5, 5.41) is 15.0. The summed E-state index contributed by atoms with van der Waals surface area (Å²) in [4.78, 5) is 11.5. The second-order valence-electron chi connectivity index (χ2n) is 6.02. The predicted octanol–water partition coefficient (Wildman–Crippen LogP) is 2.59. The van der Waals surface area contributed by atoms with Crippen LogP contribution >= 0.6 is 0 Å². The van der Waals surface area contributed by atoms with Gasteiger partial charge >= 0.3 is 0 Å². The molecular formula is C18H16N6O. The summed E-state index contributed by atoms with van der Waals surface area (Å²) in [5.74, 6) is 0.724. The topological polar surface area (TPSA) is 72.7 Å². The molecule has 1 aliphatic heterocycles. The minimum Gasteiger partial charge on any atom is -0.366 e. The van der Waals surface area contributed by atoms with E-state index >= 15 is 0 Å². The number of nitrogens with one attached hydrogen (secondary N) is 1. The fourth-order valence-electron chi connectivity index (χ4n) is 3.30. The van der Waals surface area contributed by atoms with Gasteiger partial charge in [0.1, 0.15) is 0 Å². The number of hydrogen-bond donors (Lipinski definition) is 2. The summed E-state index contributed by atoms with van der Waals surface area (Å²) in [7, 11) is 1.85. The van der Waals surface area contributed by atoms with Gasteiger partial charge in [0.15, 0.2) is 5.82 Å². The molecule has 0 unspecified atom stereocenters. The first-order valence-corrected chi connectivity index (χ1v) is 8.01.